The van der Waals surface area contributed by atoms with E-state index in [9.17, 15) is 4.79 Å². The molecular formula is C27H34FNO3. The number of nitrogens with one attached hydrogen (secondary N) is 1. The highest BCUT2D eigenvalue weighted by Gasteiger charge is 2.37. The smallest absolute Gasteiger partial charge is 0.172 e. The Balaban J connectivity index is 1.71. The average molecular weight is 440 g/mol. The number of benzene rings is 2. The van der Waals surface area contributed by atoms with E-state index in [0.717, 1.165) is 41.1 Å². The van der Waals surface area contributed by atoms with E-state index in [4.69, 9.17) is 9.47 Å². The van der Waals surface area contributed by atoms with Crippen molar-refractivity contribution in [2.45, 2.75) is 64.8 Å². The molecule has 1 saturated heterocycles. The average Bonchev–Trinajstić information content (AvgIpc) is 3.60. The highest BCUT2D eigenvalue weighted by atomic mass is 19.1. The summed E-state index contributed by atoms with van der Waals surface area (Å²) in [5.74, 6) is 0.904. The molecule has 4 nitrogen and oxygen atoms in total. The minimum atomic E-state index is -0.593. The third-order valence-corrected chi connectivity index (χ3v) is 6.80. The molecule has 0 spiro atoms. The van der Waals surface area contributed by atoms with Gasteiger partial charge in [0.1, 0.15) is 5.54 Å². The van der Waals surface area contributed by atoms with Crippen LogP contribution in [0.15, 0.2) is 30.3 Å². The van der Waals surface area contributed by atoms with E-state index < -0.39 is 5.54 Å². The molecule has 5 heteroatoms. The second-order valence-corrected chi connectivity index (χ2v) is 9.29. The molecule has 2 aliphatic rings. The van der Waals surface area contributed by atoms with Gasteiger partial charge in [-0.3, -0.25) is 4.79 Å². The summed E-state index contributed by atoms with van der Waals surface area (Å²) in [5.41, 5.74) is 3.89. The number of hydrogen-bond donors (Lipinski definition) is 1. The number of carbonyl (C=O) groups is 1. The Kier molecular flexibility index (Phi) is 6.85. The Morgan fingerprint density at radius 3 is 2.59 bits per heavy atom. The van der Waals surface area contributed by atoms with E-state index in [0.29, 0.717) is 44.0 Å². The highest BCUT2D eigenvalue weighted by Crippen LogP contribution is 2.39. The van der Waals surface area contributed by atoms with Crippen molar-refractivity contribution >= 4 is 11.5 Å². The number of ketones is 1. The summed E-state index contributed by atoms with van der Waals surface area (Å²) in [7, 11) is 0. The van der Waals surface area contributed by atoms with Crippen LogP contribution in [0.4, 0.5) is 10.1 Å². The van der Waals surface area contributed by atoms with Crippen molar-refractivity contribution < 1.29 is 18.7 Å². The lowest BCUT2D eigenvalue weighted by Crippen LogP contribution is -2.49. The van der Waals surface area contributed by atoms with Crippen molar-refractivity contribution in [3.05, 3.63) is 47.3 Å². The van der Waals surface area contributed by atoms with E-state index in [2.05, 4.69) is 11.4 Å². The quantitative estimate of drug-likeness (QED) is 0.513. The lowest BCUT2D eigenvalue weighted by atomic mass is 9.85. The largest absolute Gasteiger partial charge is 0.491 e. The van der Waals surface area contributed by atoms with Gasteiger partial charge in [0.05, 0.1) is 6.61 Å². The van der Waals surface area contributed by atoms with Gasteiger partial charge >= 0.3 is 0 Å². The fourth-order valence-corrected chi connectivity index (χ4v) is 4.66. The SMILES string of the molecule is CCOc1cc(C)cc(-c2ccc(NC3(C(C)=O)CCOCC3)cc2CCC2CC2)c1F. The van der Waals surface area contributed by atoms with Crippen LogP contribution in [-0.2, 0) is 16.0 Å². The second-order valence-electron chi connectivity index (χ2n) is 9.29. The molecule has 1 N–H and O–H groups in total. The summed E-state index contributed by atoms with van der Waals surface area (Å²) in [4.78, 5) is 12.5. The van der Waals surface area contributed by atoms with Gasteiger partial charge in [-0.05, 0) is 80.5 Å². The van der Waals surface area contributed by atoms with Crippen molar-refractivity contribution in [2.75, 3.05) is 25.1 Å². The summed E-state index contributed by atoms with van der Waals surface area (Å²) >= 11 is 0. The molecule has 0 bridgehead atoms. The molecule has 1 aliphatic heterocycles. The predicted octanol–water partition coefficient (Wildman–Crippen LogP) is 6.09. The van der Waals surface area contributed by atoms with Crippen LogP contribution < -0.4 is 10.1 Å². The summed E-state index contributed by atoms with van der Waals surface area (Å²) in [6, 6.07) is 9.73. The van der Waals surface area contributed by atoms with Crippen LogP contribution in [0.3, 0.4) is 0 Å². The molecule has 32 heavy (non-hydrogen) atoms. The maximum absolute atomic E-state index is 15.4. The Morgan fingerprint density at radius 1 is 1.19 bits per heavy atom. The summed E-state index contributed by atoms with van der Waals surface area (Å²) in [5, 5.41) is 3.53. The molecule has 172 valence electrons. The zero-order valence-electron chi connectivity index (χ0n) is 19.4. The minimum Gasteiger partial charge on any atom is -0.491 e. The molecule has 1 saturated carbocycles. The van der Waals surface area contributed by atoms with Gasteiger partial charge in [0.25, 0.3) is 0 Å². The van der Waals surface area contributed by atoms with Gasteiger partial charge < -0.3 is 14.8 Å². The van der Waals surface area contributed by atoms with Crippen molar-refractivity contribution in [3.63, 3.8) is 0 Å². The number of halogens is 1. The number of rotatable bonds is 9. The van der Waals surface area contributed by atoms with Crippen LogP contribution in [0.1, 0.15) is 57.1 Å². The first-order valence-electron chi connectivity index (χ1n) is 11.8. The van der Waals surface area contributed by atoms with Crippen LogP contribution in [0.25, 0.3) is 11.1 Å². The Bertz CT molecular complexity index is 977. The van der Waals surface area contributed by atoms with E-state index in [-0.39, 0.29) is 11.6 Å². The van der Waals surface area contributed by atoms with Crippen molar-refractivity contribution in [1.29, 1.82) is 0 Å². The molecule has 0 amide bonds. The van der Waals surface area contributed by atoms with Crippen LogP contribution >= 0.6 is 0 Å². The van der Waals surface area contributed by atoms with Crippen LogP contribution in [0.5, 0.6) is 5.75 Å². The molecule has 1 heterocycles. The Morgan fingerprint density at radius 2 is 1.94 bits per heavy atom. The molecule has 4 rings (SSSR count). The van der Waals surface area contributed by atoms with Crippen LogP contribution in [0.2, 0.25) is 0 Å². The number of Topliss-reactive ketones (excluding diaryl/α,β-unsaturated/α-hetero) is 1. The second kappa shape index (κ2) is 9.62. The molecular weight excluding hydrogens is 405 g/mol. The Hall–Kier alpha value is -2.40. The first-order chi connectivity index (χ1) is 15.4. The summed E-state index contributed by atoms with van der Waals surface area (Å²) < 4.78 is 26.4. The number of aryl methyl sites for hydroxylation is 2. The van der Waals surface area contributed by atoms with Gasteiger partial charge in [0, 0.05) is 37.3 Å². The standard InChI is InChI=1S/C27H34FNO3/c1-4-32-25-16-18(2)15-24(26(25)28)23-10-9-22(17-21(23)8-7-20-5-6-20)29-27(19(3)30)11-13-31-14-12-27/h9-10,15-17,20,29H,4-8,11-14H2,1-3H3. The van der Waals surface area contributed by atoms with Gasteiger partial charge in [0.15, 0.2) is 17.3 Å². The normalized spacial score (nSPS) is 17.8. The number of carbonyl (C=O) groups excluding carboxylic acids is 1. The molecule has 2 aromatic rings. The Labute approximate surface area is 190 Å². The van der Waals surface area contributed by atoms with Gasteiger partial charge in [0.2, 0.25) is 0 Å². The van der Waals surface area contributed by atoms with Crippen LogP contribution in [-0.4, -0.2) is 31.1 Å². The first kappa shape index (κ1) is 22.8. The topological polar surface area (TPSA) is 47.6 Å². The van der Waals surface area contributed by atoms with E-state index in [1.165, 1.54) is 12.8 Å². The molecule has 1 aliphatic carbocycles. The molecule has 0 unspecified atom stereocenters. The fraction of sp³-hybridized carbons (Fsp3) is 0.519. The van der Waals surface area contributed by atoms with Crippen molar-refractivity contribution in [3.8, 4) is 16.9 Å². The highest BCUT2D eigenvalue weighted by molar-refractivity contribution is 5.89. The molecule has 0 atom stereocenters. The lowest BCUT2D eigenvalue weighted by molar-refractivity contribution is -0.124. The maximum atomic E-state index is 15.4. The third kappa shape index (κ3) is 4.98. The van der Waals surface area contributed by atoms with Crippen molar-refractivity contribution in [2.24, 2.45) is 5.92 Å². The van der Waals surface area contributed by atoms with Gasteiger partial charge in [-0.1, -0.05) is 18.9 Å². The van der Waals surface area contributed by atoms with Crippen molar-refractivity contribution in [1.82, 2.24) is 0 Å². The molecule has 0 aromatic heterocycles. The number of ether oxygens (including phenoxy) is 2. The van der Waals surface area contributed by atoms with Gasteiger partial charge in [-0.2, -0.15) is 0 Å². The maximum Gasteiger partial charge on any atom is 0.172 e. The number of hydrogen-bond acceptors (Lipinski definition) is 4. The molecule has 0 radical (unpaired) electrons. The van der Waals surface area contributed by atoms with Gasteiger partial charge in [-0.25, -0.2) is 4.39 Å². The zero-order valence-corrected chi connectivity index (χ0v) is 19.4. The number of anilines is 1. The summed E-state index contributed by atoms with van der Waals surface area (Å²) in [6.45, 7) is 7.06. The first-order valence-corrected chi connectivity index (χ1v) is 11.8. The fourth-order valence-electron chi connectivity index (χ4n) is 4.66. The summed E-state index contributed by atoms with van der Waals surface area (Å²) in [6.07, 6.45) is 5.89. The van der Waals surface area contributed by atoms with Gasteiger partial charge in [-0.15, -0.1) is 0 Å². The molecule has 2 fully saturated rings. The van der Waals surface area contributed by atoms with E-state index in [1.54, 1.807) is 13.0 Å². The molecule has 2 aromatic carbocycles. The third-order valence-electron chi connectivity index (χ3n) is 6.80. The minimum absolute atomic E-state index is 0.135. The predicted molar refractivity (Wildman–Crippen MR) is 126 cm³/mol. The van der Waals surface area contributed by atoms with Crippen LogP contribution in [0, 0.1) is 18.7 Å². The lowest BCUT2D eigenvalue weighted by Gasteiger charge is -2.36. The zero-order chi connectivity index (χ0) is 22.7. The monoisotopic (exact) mass is 439 g/mol. The van der Waals surface area contributed by atoms with E-state index in [1.807, 2.05) is 32.0 Å². The van der Waals surface area contributed by atoms with E-state index >= 15 is 4.39 Å².